The van der Waals surface area contributed by atoms with Crippen molar-refractivity contribution in [3.8, 4) is 0 Å². The Hall–Kier alpha value is -1.91. The van der Waals surface area contributed by atoms with E-state index in [2.05, 4.69) is 10.1 Å². The zero-order valence-corrected chi connectivity index (χ0v) is 9.43. The number of hydrogen-bond acceptors (Lipinski definition) is 3. The molecule has 0 aliphatic heterocycles. The van der Waals surface area contributed by atoms with Gasteiger partial charge in [-0.15, -0.1) is 0 Å². The van der Waals surface area contributed by atoms with E-state index in [0.717, 1.165) is 5.69 Å². The molecular weight excluding hydrogens is 206 g/mol. The van der Waals surface area contributed by atoms with Crippen molar-refractivity contribution in [3.63, 3.8) is 0 Å². The van der Waals surface area contributed by atoms with E-state index in [4.69, 9.17) is 5.11 Å². The Morgan fingerprint density at radius 1 is 1.44 bits per heavy atom. The molecule has 0 atom stereocenters. The fraction of sp³-hybridized carbons (Fsp3) is 0.364. The van der Waals surface area contributed by atoms with Crippen molar-refractivity contribution in [1.82, 2.24) is 14.6 Å². The van der Waals surface area contributed by atoms with Crippen LogP contribution < -0.4 is 0 Å². The maximum Gasteiger partial charge on any atom is 0.354 e. The number of carboxylic acid groups (broad SMARTS) is 1. The number of nitrogens with zero attached hydrogens (tertiary/aromatic N) is 3. The Kier molecular flexibility index (Phi) is 2.38. The molecule has 0 spiro atoms. The van der Waals surface area contributed by atoms with Crippen LogP contribution in [0.2, 0.25) is 0 Å². The second kappa shape index (κ2) is 3.59. The average molecular weight is 219 g/mol. The smallest absolute Gasteiger partial charge is 0.354 e. The van der Waals surface area contributed by atoms with Crippen LogP contribution in [0.4, 0.5) is 0 Å². The monoisotopic (exact) mass is 219 g/mol. The third-order valence-electron chi connectivity index (χ3n) is 2.38. The number of carboxylic acids is 1. The lowest BCUT2D eigenvalue weighted by Gasteiger charge is -2.00. The van der Waals surface area contributed by atoms with Crippen LogP contribution in [0.5, 0.6) is 0 Å². The van der Waals surface area contributed by atoms with Gasteiger partial charge in [-0.1, -0.05) is 13.8 Å². The molecule has 0 aliphatic rings. The molecule has 0 fully saturated rings. The van der Waals surface area contributed by atoms with Gasteiger partial charge in [0.05, 0.1) is 5.69 Å². The van der Waals surface area contributed by atoms with Gasteiger partial charge in [0.1, 0.15) is 0 Å². The van der Waals surface area contributed by atoms with Crippen molar-refractivity contribution in [1.29, 1.82) is 0 Å². The van der Waals surface area contributed by atoms with Gasteiger partial charge in [-0.25, -0.2) is 14.3 Å². The molecule has 0 amide bonds. The summed E-state index contributed by atoms with van der Waals surface area (Å²) in [6.07, 6.45) is 0. The summed E-state index contributed by atoms with van der Waals surface area (Å²) >= 11 is 0. The zero-order chi connectivity index (χ0) is 11.9. The first-order chi connectivity index (χ1) is 7.49. The van der Waals surface area contributed by atoms with Gasteiger partial charge in [-0.05, 0) is 18.9 Å². The van der Waals surface area contributed by atoms with E-state index in [0.29, 0.717) is 11.3 Å². The number of fused-ring (bicyclic) bond motifs is 1. The maximum atomic E-state index is 11.1. The zero-order valence-electron chi connectivity index (χ0n) is 9.43. The number of carbonyl (C=O) groups is 1. The van der Waals surface area contributed by atoms with E-state index in [9.17, 15) is 4.79 Å². The fourth-order valence-electron chi connectivity index (χ4n) is 1.55. The number of aromatic carboxylic acids is 1. The molecule has 84 valence electrons. The molecule has 2 heterocycles. The van der Waals surface area contributed by atoms with Crippen molar-refractivity contribution >= 4 is 11.6 Å². The van der Waals surface area contributed by atoms with Crippen LogP contribution in [-0.2, 0) is 0 Å². The summed E-state index contributed by atoms with van der Waals surface area (Å²) in [4.78, 5) is 15.3. The highest BCUT2D eigenvalue weighted by molar-refractivity contribution is 5.86. The van der Waals surface area contributed by atoms with E-state index in [1.54, 1.807) is 6.92 Å². The average Bonchev–Trinajstić information content (AvgIpc) is 2.59. The molecule has 0 bridgehead atoms. The minimum absolute atomic E-state index is 0.148. The van der Waals surface area contributed by atoms with Crippen molar-refractivity contribution in [3.05, 3.63) is 29.2 Å². The number of hydrogen-bond donors (Lipinski definition) is 1. The molecule has 1 N–H and O–H groups in total. The summed E-state index contributed by atoms with van der Waals surface area (Å²) in [6, 6.07) is 3.34. The Balaban J connectivity index is 2.75. The number of aromatic nitrogens is 3. The van der Waals surface area contributed by atoms with E-state index in [1.807, 2.05) is 19.9 Å². The minimum atomic E-state index is -0.992. The van der Waals surface area contributed by atoms with Crippen molar-refractivity contribution in [2.24, 2.45) is 0 Å². The van der Waals surface area contributed by atoms with Crippen molar-refractivity contribution < 1.29 is 9.90 Å². The Morgan fingerprint density at radius 3 is 2.69 bits per heavy atom. The van der Waals surface area contributed by atoms with Crippen LogP contribution in [-0.4, -0.2) is 25.7 Å². The number of aryl methyl sites for hydroxylation is 1. The van der Waals surface area contributed by atoms with E-state index < -0.39 is 5.97 Å². The first kappa shape index (κ1) is 10.6. The molecule has 0 unspecified atom stereocenters. The van der Waals surface area contributed by atoms with Gasteiger partial charge in [0.15, 0.2) is 11.3 Å². The minimum Gasteiger partial charge on any atom is -0.477 e. The van der Waals surface area contributed by atoms with Crippen LogP contribution in [0.3, 0.4) is 0 Å². The van der Waals surface area contributed by atoms with Gasteiger partial charge in [0.2, 0.25) is 0 Å². The van der Waals surface area contributed by atoms with Gasteiger partial charge in [-0.2, -0.15) is 5.10 Å². The molecule has 2 rings (SSSR count). The third-order valence-corrected chi connectivity index (χ3v) is 2.38. The molecule has 0 aromatic carbocycles. The van der Waals surface area contributed by atoms with Gasteiger partial charge in [0.25, 0.3) is 0 Å². The Labute approximate surface area is 92.7 Å². The Bertz CT molecular complexity index is 558. The Morgan fingerprint density at radius 2 is 2.12 bits per heavy atom. The first-order valence-electron chi connectivity index (χ1n) is 5.09. The second-order valence-corrected chi connectivity index (χ2v) is 4.08. The third kappa shape index (κ3) is 1.64. The van der Waals surface area contributed by atoms with E-state index in [1.165, 1.54) is 10.6 Å². The van der Waals surface area contributed by atoms with Crippen LogP contribution >= 0.6 is 0 Å². The highest BCUT2D eigenvalue weighted by Gasteiger charge is 2.14. The topological polar surface area (TPSA) is 67.5 Å². The van der Waals surface area contributed by atoms with Crippen LogP contribution in [0.25, 0.3) is 5.65 Å². The number of rotatable bonds is 2. The second-order valence-electron chi connectivity index (χ2n) is 4.08. The van der Waals surface area contributed by atoms with Gasteiger partial charge in [0, 0.05) is 11.8 Å². The normalized spacial score (nSPS) is 11.2. The predicted octanol–water partition coefficient (Wildman–Crippen LogP) is 1.86. The molecule has 16 heavy (non-hydrogen) atoms. The SMILES string of the molecule is Cc1cc(C(=O)O)n2nc(C(C)C)cc2n1. The molecule has 5 heteroatoms. The highest BCUT2D eigenvalue weighted by atomic mass is 16.4. The summed E-state index contributed by atoms with van der Waals surface area (Å²) < 4.78 is 1.38. The quantitative estimate of drug-likeness (QED) is 0.837. The lowest BCUT2D eigenvalue weighted by atomic mass is 10.1. The lowest BCUT2D eigenvalue weighted by Crippen LogP contribution is -2.08. The molecule has 0 aliphatic carbocycles. The first-order valence-corrected chi connectivity index (χ1v) is 5.09. The standard InChI is InChI=1S/C11H13N3O2/c1-6(2)8-5-10-12-7(3)4-9(11(15)16)14(10)13-8/h4-6H,1-3H3,(H,15,16). The summed E-state index contributed by atoms with van der Waals surface area (Å²) in [5.74, 6) is -0.738. The summed E-state index contributed by atoms with van der Waals surface area (Å²) in [5.41, 5.74) is 2.26. The lowest BCUT2D eigenvalue weighted by molar-refractivity contribution is 0.0687. The van der Waals surface area contributed by atoms with Gasteiger partial charge in [-0.3, -0.25) is 0 Å². The molecule has 0 saturated carbocycles. The fourth-order valence-corrected chi connectivity index (χ4v) is 1.55. The summed E-state index contributed by atoms with van der Waals surface area (Å²) in [5, 5.41) is 13.3. The van der Waals surface area contributed by atoms with E-state index in [-0.39, 0.29) is 11.6 Å². The molecule has 2 aromatic rings. The van der Waals surface area contributed by atoms with E-state index >= 15 is 0 Å². The molecule has 0 radical (unpaired) electrons. The summed E-state index contributed by atoms with van der Waals surface area (Å²) in [7, 11) is 0. The maximum absolute atomic E-state index is 11.1. The van der Waals surface area contributed by atoms with Crippen molar-refractivity contribution in [2.75, 3.05) is 0 Å². The predicted molar refractivity (Wildman–Crippen MR) is 58.8 cm³/mol. The van der Waals surface area contributed by atoms with Gasteiger partial charge < -0.3 is 5.11 Å². The molecular formula is C11H13N3O2. The molecule has 2 aromatic heterocycles. The highest BCUT2D eigenvalue weighted by Crippen LogP contribution is 2.16. The molecule has 0 saturated heterocycles. The van der Waals surface area contributed by atoms with Crippen LogP contribution in [0.15, 0.2) is 12.1 Å². The van der Waals surface area contributed by atoms with Crippen LogP contribution in [0, 0.1) is 6.92 Å². The van der Waals surface area contributed by atoms with Crippen molar-refractivity contribution in [2.45, 2.75) is 26.7 Å². The largest absolute Gasteiger partial charge is 0.477 e. The van der Waals surface area contributed by atoms with Gasteiger partial charge >= 0.3 is 5.97 Å². The summed E-state index contributed by atoms with van der Waals surface area (Å²) in [6.45, 7) is 5.79. The van der Waals surface area contributed by atoms with Crippen LogP contribution in [0.1, 0.15) is 41.6 Å². The molecule has 5 nitrogen and oxygen atoms in total.